The summed E-state index contributed by atoms with van der Waals surface area (Å²) in [5.41, 5.74) is 6.76. The molecule has 0 heterocycles. The molecule has 0 aliphatic carbocycles. The average molecular weight is 234 g/mol. The highest BCUT2D eigenvalue weighted by atomic mass is 16.1. The summed E-state index contributed by atoms with van der Waals surface area (Å²) in [5, 5.41) is 2.98. The number of hydrogen-bond donors (Lipinski definition) is 2. The summed E-state index contributed by atoms with van der Waals surface area (Å²) < 4.78 is 0. The zero-order valence-electron chi connectivity index (χ0n) is 10.9. The summed E-state index contributed by atoms with van der Waals surface area (Å²) in [7, 11) is 0. The van der Waals surface area contributed by atoms with Crippen LogP contribution in [-0.4, -0.2) is 12.5 Å². The third-order valence-electron chi connectivity index (χ3n) is 2.46. The number of rotatable bonds is 4. The standard InChI is InChI=1S/C14H22N2O/c1-14(2,3)9-13(17)16-12(10-15)11-7-5-4-6-8-11/h4-8,12H,9-10,15H2,1-3H3,(H,16,17). The minimum atomic E-state index is -0.0916. The highest BCUT2D eigenvalue weighted by Gasteiger charge is 2.18. The summed E-state index contributed by atoms with van der Waals surface area (Å²) in [6.07, 6.45) is 0.510. The van der Waals surface area contributed by atoms with E-state index in [0.29, 0.717) is 13.0 Å². The largest absolute Gasteiger partial charge is 0.348 e. The summed E-state index contributed by atoms with van der Waals surface area (Å²) in [4.78, 5) is 11.8. The van der Waals surface area contributed by atoms with Crippen molar-refractivity contribution in [3.63, 3.8) is 0 Å². The van der Waals surface area contributed by atoms with Crippen molar-refractivity contribution in [1.29, 1.82) is 0 Å². The first kappa shape index (κ1) is 13.7. The minimum Gasteiger partial charge on any atom is -0.348 e. The lowest BCUT2D eigenvalue weighted by Gasteiger charge is -2.21. The molecule has 3 N–H and O–H groups in total. The van der Waals surface area contributed by atoms with Gasteiger partial charge in [-0.05, 0) is 11.0 Å². The molecule has 1 aromatic rings. The molecule has 0 saturated carbocycles. The van der Waals surface area contributed by atoms with Crippen molar-refractivity contribution >= 4 is 5.91 Å². The Bertz CT molecular complexity index is 354. The summed E-state index contributed by atoms with van der Waals surface area (Å²) in [6.45, 7) is 6.56. The van der Waals surface area contributed by atoms with Gasteiger partial charge in [0.05, 0.1) is 6.04 Å². The maximum atomic E-state index is 11.8. The minimum absolute atomic E-state index is 0.0000796. The van der Waals surface area contributed by atoms with Gasteiger partial charge in [0.2, 0.25) is 5.91 Å². The highest BCUT2D eigenvalue weighted by Crippen LogP contribution is 2.19. The van der Waals surface area contributed by atoms with E-state index in [0.717, 1.165) is 5.56 Å². The van der Waals surface area contributed by atoms with Crippen LogP contribution in [0.4, 0.5) is 0 Å². The van der Waals surface area contributed by atoms with Gasteiger partial charge in [-0.25, -0.2) is 0 Å². The number of hydrogen-bond acceptors (Lipinski definition) is 2. The first-order valence-electron chi connectivity index (χ1n) is 5.97. The normalized spacial score (nSPS) is 13.2. The lowest BCUT2D eigenvalue weighted by atomic mass is 9.91. The molecular formula is C14H22N2O. The average Bonchev–Trinajstić information content (AvgIpc) is 2.24. The number of carbonyl (C=O) groups is 1. The van der Waals surface area contributed by atoms with E-state index < -0.39 is 0 Å². The third-order valence-corrected chi connectivity index (χ3v) is 2.46. The predicted molar refractivity (Wildman–Crippen MR) is 70.5 cm³/mol. The van der Waals surface area contributed by atoms with Gasteiger partial charge in [-0.3, -0.25) is 4.79 Å². The number of nitrogens with one attached hydrogen (secondary N) is 1. The van der Waals surface area contributed by atoms with Crippen molar-refractivity contribution < 1.29 is 4.79 Å². The van der Waals surface area contributed by atoms with Gasteiger partial charge in [-0.2, -0.15) is 0 Å². The number of amides is 1. The second kappa shape index (κ2) is 5.82. The second-order valence-electron chi connectivity index (χ2n) is 5.50. The molecule has 0 aliphatic heterocycles. The Labute approximate surface area is 103 Å². The molecule has 3 heteroatoms. The maximum absolute atomic E-state index is 11.8. The Kier molecular flexibility index (Phi) is 4.70. The van der Waals surface area contributed by atoms with Crippen LogP contribution in [0.25, 0.3) is 0 Å². The smallest absolute Gasteiger partial charge is 0.221 e. The van der Waals surface area contributed by atoms with Crippen molar-refractivity contribution in [2.75, 3.05) is 6.54 Å². The topological polar surface area (TPSA) is 55.1 Å². The molecule has 0 aromatic heterocycles. The summed E-state index contributed by atoms with van der Waals surface area (Å²) in [6, 6.07) is 9.73. The van der Waals surface area contributed by atoms with E-state index in [9.17, 15) is 4.79 Å². The number of benzene rings is 1. The fourth-order valence-electron chi connectivity index (χ4n) is 1.69. The van der Waals surface area contributed by atoms with Crippen LogP contribution in [0.5, 0.6) is 0 Å². The van der Waals surface area contributed by atoms with E-state index in [1.165, 1.54) is 0 Å². The van der Waals surface area contributed by atoms with E-state index in [1.807, 2.05) is 51.1 Å². The van der Waals surface area contributed by atoms with Gasteiger partial charge >= 0.3 is 0 Å². The molecule has 3 nitrogen and oxygen atoms in total. The molecule has 0 aliphatic rings. The van der Waals surface area contributed by atoms with E-state index in [-0.39, 0.29) is 17.4 Å². The maximum Gasteiger partial charge on any atom is 0.221 e. The van der Waals surface area contributed by atoms with Crippen LogP contribution in [0.3, 0.4) is 0 Å². The van der Waals surface area contributed by atoms with E-state index in [2.05, 4.69) is 5.32 Å². The van der Waals surface area contributed by atoms with E-state index in [4.69, 9.17) is 5.73 Å². The zero-order valence-corrected chi connectivity index (χ0v) is 10.9. The third kappa shape index (κ3) is 5.00. The first-order chi connectivity index (χ1) is 7.92. The Morgan fingerprint density at radius 2 is 1.88 bits per heavy atom. The molecule has 0 spiro atoms. The molecular weight excluding hydrogens is 212 g/mol. The van der Waals surface area contributed by atoms with Crippen LogP contribution in [0.1, 0.15) is 38.8 Å². The Hall–Kier alpha value is -1.35. The van der Waals surface area contributed by atoms with Crippen molar-refractivity contribution in [1.82, 2.24) is 5.32 Å². The molecule has 0 saturated heterocycles. The SMILES string of the molecule is CC(C)(C)CC(=O)NC(CN)c1ccccc1. The molecule has 1 rings (SSSR count). The van der Waals surface area contributed by atoms with Crippen molar-refractivity contribution in [3.05, 3.63) is 35.9 Å². The molecule has 17 heavy (non-hydrogen) atoms. The van der Waals surface area contributed by atoms with Crippen LogP contribution in [-0.2, 0) is 4.79 Å². The molecule has 1 aromatic carbocycles. The number of carbonyl (C=O) groups excluding carboxylic acids is 1. The first-order valence-corrected chi connectivity index (χ1v) is 5.97. The van der Waals surface area contributed by atoms with Crippen LogP contribution in [0, 0.1) is 5.41 Å². The van der Waals surface area contributed by atoms with Crippen molar-refractivity contribution in [2.45, 2.75) is 33.2 Å². The fraction of sp³-hybridized carbons (Fsp3) is 0.500. The molecule has 1 amide bonds. The van der Waals surface area contributed by atoms with E-state index in [1.54, 1.807) is 0 Å². The molecule has 0 radical (unpaired) electrons. The van der Waals surface area contributed by atoms with Crippen LogP contribution in [0.2, 0.25) is 0 Å². The lowest BCUT2D eigenvalue weighted by Crippen LogP contribution is -2.35. The molecule has 1 unspecified atom stereocenters. The molecule has 1 atom stereocenters. The summed E-state index contributed by atoms with van der Waals surface area (Å²) in [5.74, 6) is 0.0526. The molecule has 94 valence electrons. The van der Waals surface area contributed by atoms with Gasteiger partial charge in [-0.1, -0.05) is 51.1 Å². The highest BCUT2D eigenvalue weighted by molar-refractivity contribution is 5.77. The monoisotopic (exact) mass is 234 g/mol. The summed E-state index contributed by atoms with van der Waals surface area (Å²) >= 11 is 0. The van der Waals surface area contributed by atoms with Crippen molar-refractivity contribution in [3.8, 4) is 0 Å². The van der Waals surface area contributed by atoms with Crippen LogP contribution in [0.15, 0.2) is 30.3 Å². The molecule has 0 fully saturated rings. The van der Waals surface area contributed by atoms with Gasteiger partial charge in [0, 0.05) is 13.0 Å². The van der Waals surface area contributed by atoms with Gasteiger partial charge in [0.15, 0.2) is 0 Å². The second-order valence-corrected chi connectivity index (χ2v) is 5.50. The Morgan fingerprint density at radius 3 is 2.35 bits per heavy atom. The van der Waals surface area contributed by atoms with Crippen LogP contribution < -0.4 is 11.1 Å². The predicted octanol–water partition coefficient (Wildman–Crippen LogP) is 2.24. The van der Waals surface area contributed by atoms with Gasteiger partial charge in [0.1, 0.15) is 0 Å². The van der Waals surface area contributed by atoms with Gasteiger partial charge in [0.25, 0.3) is 0 Å². The van der Waals surface area contributed by atoms with E-state index >= 15 is 0 Å². The molecule has 0 bridgehead atoms. The van der Waals surface area contributed by atoms with Gasteiger partial charge < -0.3 is 11.1 Å². The van der Waals surface area contributed by atoms with Gasteiger partial charge in [-0.15, -0.1) is 0 Å². The lowest BCUT2D eigenvalue weighted by molar-refractivity contribution is -0.123. The van der Waals surface area contributed by atoms with Crippen LogP contribution >= 0.6 is 0 Å². The quantitative estimate of drug-likeness (QED) is 0.839. The zero-order chi connectivity index (χ0) is 12.9. The Balaban J connectivity index is 2.62. The Morgan fingerprint density at radius 1 is 1.29 bits per heavy atom. The fourth-order valence-corrected chi connectivity index (χ4v) is 1.69. The van der Waals surface area contributed by atoms with Crippen molar-refractivity contribution in [2.24, 2.45) is 11.1 Å². The number of nitrogens with two attached hydrogens (primary N) is 1.